The van der Waals surface area contributed by atoms with Gasteiger partial charge in [0.05, 0.1) is 12.7 Å². The van der Waals surface area contributed by atoms with Gasteiger partial charge in [0.15, 0.2) is 0 Å². The Morgan fingerprint density at radius 2 is 2.10 bits per heavy atom. The van der Waals surface area contributed by atoms with Gasteiger partial charge in [0.2, 0.25) is 0 Å². The van der Waals surface area contributed by atoms with E-state index >= 15 is 0 Å². The summed E-state index contributed by atoms with van der Waals surface area (Å²) < 4.78 is 10.7. The molecule has 1 aromatic heterocycles. The smallest absolute Gasteiger partial charge is 0.259 e. The van der Waals surface area contributed by atoms with Crippen LogP contribution in [0.2, 0.25) is 0 Å². The quantitative estimate of drug-likeness (QED) is 0.851. The maximum Gasteiger partial charge on any atom is 0.259 e. The van der Waals surface area contributed by atoms with Gasteiger partial charge in [-0.25, -0.2) is 0 Å². The molecule has 0 N–H and O–H groups in total. The van der Waals surface area contributed by atoms with Gasteiger partial charge in [-0.15, -0.1) is 0 Å². The number of aryl methyl sites for hydroxylation is 1. The number of hydrogen-bond acceptors (Lipinski definition) is 4. The summed E-state index contributed by atoms with van der Waals surface area (Å²) in [5.41, 5.74) is 2.05. The second-order valence-corrected chi connectivity index (χ2v) is 5.26. The van der Waals surface area contributed by atoms with E-state index in [0.717, 1.165) is 5.56 Å². The fourth-order valence-electron chi connectivity index (χ4n) is 2.58. The molecule has 0 spiro atoms. The number of hydrogen-bond donors (Lipinski definition) is 0. The monoisotopic (exact) mass is 286 g/mol. The van der Waals surface area contributed by atoms with Gasteiger partial charge < -0.3 is 14.2 Å². The highest BCUT2D eigenvalue weighted by molar-refractivity contribution is 6.00. The molecule has 1 aromatic carbocycles. The summed E-state index contributed by atoms with van der Waals surface area (Å²) in [4.78, 5) is 14.6. The zero-order chi connectivity index (χ0) is 14.8. The third-order valence-electron chi connectivity index (χ3n) is 3.65. The van der Waals surface area contributed by atoms with Crippen LogP contribution in [0.15, 0.2) is 34.9 Å². The minimum Gasteiger partial charge on any atom is -0.375 e. The lowest BCUT2D eigenvalue weighted by molar-refractivity contribution is -0.0124. The molecule has 0 aliphatic carbocycles. The number of rotatable bonds is 2. The maximum absolute atomic E-state index is 12.8. The van der Waals surface area contributed by atoms with Gasteiger partial charge in [0, 0.05) is 18.7 Å². The van der Waals surface area contributed by atoms with Gasteiger partial charge in [0.25, 0.3) is 5.91 Å². The Balaban J connectivity index is 1.95. The highest BCUT2D eigenvalue weighted by Gasteiger charge is 2.28. The predicted molar refractivity (Wildman–Crippen MR) is 78.0 cm³/mol. The highest BCUT2D eigenvalue weighted by atomic mass is 16.5. The standard InChI is InChI=1S/C16H18N2O3/c1-11-10-18(8-9-20-11)16(19)14-12(2)21-17-15(14)13-6-4-3-5-7-13/h3-7,11H,8-10H2,1-2H3. The van der Waals surface area contributed by atoms with Gasteiger partial charge >= 0.3 is 0 Å². The summed E-state index contributed by atoms with van der Waals surface area (Å²) in [6.07, 6.45) is 0.0584. The largest absolute Gasteiger partial charge is 0.375 e. The van der Waals surface area contributed by atoms with Crippen molar-refractivity contribution in [1.29, 1.82) is 0 Å². The third-order valence-corrected chi connectivity index (χ3v) is 3.65. The van der Waals surface area contributed by atoms with E-state index in [1.54, 1.807) is 11.8 Å². The van der Waals surface area contributed by atoms with E-state index in [1.807, 2.05) is 37.3 Å². The van der Waals surface area contributed by atoms with E-state index < -0.39 is 0 Å². The molecule has 0 saturated carbocycles. The number of amides is 1. The Kier molecular flexibility index (Phi) is 3.75. The molecule has 1 aliphatic heterocycles. The molecule has 1 atom stereocenters. The van der Waals surface area contributed by atoms with Crippen molar-refractivity contribution in [3.05, 3.63) is 41.7 Å². The van der Waals surface area contributed by atoms with Crippen LogP contribution in [0.4, 0.5) is 0 Å². The number of ether oxygens (including phenoxy) is 1. The first kappa shape index (κ1) is 13.8. The molecule has 21 heavy (non-hydrogen) atoms. The minimum absolute atomic E-state index is 0.0391. The van der Waals surface area contributed by atoms with Crippen LogP contribution in [0.1, 0.15) is 23.0 Å². The van der Waals surface area contributed by atoms with Crippen LogP contribution in [0, 0.1) is 6.92 Å². The number of aromatic nitrogens is 1. The molecule has 2 aromatic rings. The summed E-state index contributed by atoms with van der Waals surface area (Å²) in [5.74, 6) is 0.515. The molecule has 1 amide bonds. The zero-order valence-electron chi connectivity index (χ0n) is 12.2. The Hall–Kier alpha value is -2.14. The molecule has 5 heteroatoms. The fourth-order valence-corrected chi connectivity index (χ4v) is 2.58. The van der Waals surface area contributed by atoms with Gasteiger partial charge in [0.1, 0.15) is 17.0 Å². The molecular formula is C16H18N2O3. The number of morpholine rings is 1. The van der Waals surface area contributed by atoms with Crippen LogP contribution in [0.25, 0.3) is 11.3 Å². The maximum atomic E-state index is 12.8. The topological polar surface area (TPSA) is 55.6 Å². The van der Waals surface area contributed by atoms with Crippen LogP contribution < -0.4 is 0 Å². The molecule has 1 unspecified atom stereocenters. The number of carbonyl (C=O) groups is 1. The molecule has 1 fully saturated rings. The lowest BCUT2D eigenvalue weighted by Gasteiger charge is -2.31. The Morgan fingerprint density at radius 1 is 1.33 bits per heavy atom. The third kappa shape index (κ3) is 2.69. The molecule has 0 radical (unpaired) electrons. The van der Waals surface area contributed by atoms with Crippen LogP contribution in [-0.2, 0) is 4.74 Å². The number of nitrogens with zero attached hydrogens (tertiary/aromatic N) is 2. The Morgan fingerprint density at radius 3 is 2.81 bits per heavy atom. The summed E-state index contributed by atoms with van der Waals surface area (Å²) in [7, 11) is 0. The van der Waals surface area contributed by atoms with Crippen LogP contribution in [0.3, 0.4) is 0 Å². The highest BCUT2D eigenvalue weighted by Crippen LogP contribution is 2.26. The van der Waals surface area contributed by atoms with E-state index in [2.05, 4.69) is 5.16 Å². The molecule has 1 aliphatic rings. The first-order valence-electron chi connectivity index (χ1n) is 7.09. The van der Waals surface area contributed by atoms with Crippen molar-refractivity contribution in [2.45, 2.75) is 20.0 Å². The van der Waals surface area contributed by atoms with Crippen molar-refractivity contribution in [1.82, 2.24) is 10.1 Å². The minimum atomic E-state index is -0.0391. The average molecular weight is 286 g/mol. The van der Waals surface area contributed by atoms with E-state index in [-0.39, 0.29) is 12.0 Å². The second-order valence-electron chi connectivity index (χ2n) is 5.26. The van der Waals surface area contributed by atoms with E-state index in [1.165, 1.54) is 0 Å². The Labute approximate surface area is 123 Å². The van der Waals surface area contributed by atoms with Crippen molar-refractivity contribution in [2.75, 3.05) is 19.7 Å². The van der Waals surface area contributed by atoms with Gasteiger partial charge in [-0.05, 0) is 13.8 Å². The van der Waals surface area contributed by atoms with Gasteiger partial charge in [-0.3, -0.25) is 4.79 Å². The number of benzene rings is 1. The zero-order valence-corrected chi connectivity index (χ0v) is 12.2. The fraction of sp³-hybridized carbons (Fsp3) is 0.375. The average Bonchev–Trinajstić information content (AvgIpc) is 2.89. The van der Waals surface area contributed by atoms with E-state index in [9.17, 15) is 4.79 Å². The van der Waals surface area contributed by atoms with Crippen molar-refractivity contribution in [2.24, 2.45) is 0 Å². The first-order valence-corrected chi connectivity index (χ1v) is 7.09. The van der Waals surface area contributed by atoms with Crippen LogP contribution in [-0.4, -0.2) is 41.8 Å². The summed E-state index contributed by atoms with van der Waals surface area (Å²) in [5, 5.41) is 4.07. The van der Waals surface area contributed by atoms with E-state index in [4.69, 9.17) is 9.26 Å². The second kappa shape index (κ2) is 5.69. The molecule has 1 saturated heterocycles. The van der Waals surface area contributed by atoms with Crippen molar-refractivity contribution < 1.29 is 14.1 Å². The lowest BCUT2D eigenvalue weighted by Crippen LogP contribution is -2.44. The molecule has 3 rings (SSSR count). The van der Waals surface area contributed by atoms with Gasteiger partial charge in [-0.2, -0.15) is 0 Å². The van der Waals surface area contributed by atoms with Crippen molar-refractivity contribution >= 4 is 5.91 Å². The van der Waals surface area contributed by atoms with Crippen molar-refractivity contribution in [3.8, 4) is 11.3 Å². The summed E-state index contributed by atoms with van der Waals surface area (Å²) in [6, 6.07) is 9.63. The normalized spacial score (nSPS) is 18.8. The molecule has 0 bridgehead atoms. The number of carbonyl (C=O) groups excluding carboxylic acids is 1. The summed E-state index contributed by atoms with van der Waals surface area (Å²) >= 11 is 0. The lowest BCUT2D eigenvalue weighted by atomic mass is 10.0. The van der Waals surface area contributed by atoms with Crippen LogP contribution in [0.5, 0.6) is 0 Å². The molecule has 110 valence electrons. The first-order chi connectivity index (χ1) is 10.2. The summed E-state index contributed by atoms with van der Waals surface area (Å²) in [6.45, 7) is 5.51. The predicted octanol–water partition coefficient (Wildman–Crippen LogP) is 2.51. The van der Waals surface area contributed by atoms with Gasteiger partial charge in [-0.1, -0.05) is 35.5 Å². The van der Waals surface area contributed by atoms with Crippen LogP contribution >= 0.6 is 0 Å². The molecular weight excluding hydrogens is 268 g/mol. The molecule has 2 heterocycles. The SMILES string of the molecule is Cc1onc(-c2ccccc2)c1C(=O)N1CCOC(C)C1. The Bertz CT molecular complexity index is 636. The van der Waals surface area contributed by atoms with E-state index in [0.29, 0.717) is 36.7 Å². The molecule has 5 nitrogen and oxygen atoms in total. The van der Waals surface area contributed by atoms with Crippen molar-refractivity contribution in [3.63, 3.8) is 0 Å².